The van der Waals surface area contributed by atoms with Crippen molar-refractivity contribution in [3.63, 3.8) is 0 Å². The SMILES string of the molecule is Cc1nnc(SCc2cccc(C#CCO)c2)o1. The van der Waals surface area contributed by atoms with Gasteiger partial charge in [0.15, 0.2) is 0 Å². The molecule has 2 rings (SSSR count). The van der Waals surface area contributed by atoms with Gasteiger partial charge in [0.1, 0.15) is 6.61 Å². The van der Waals surface area contributed by atoms with Crippen LogP contribution in [-0.2, 0) is 5.75 Å². The second-order valence-electron chi connectivity index (χ2n) is 3.54. The summed E-state index contributed by atoms with van der Waals surface area (Å²) < 4.78 is 5.28. The summed E-state index contributed by atoms with van der Waals surface area (Å²) in [6, 6.07) is 7.85. The first kappa shape index (κ1) is 12.7. The summed E-state index contributed by atoms with van der Waals surface area (Å²) in [6.45, 7) is 1.64. The van der Waals surface area contributed by atoms with Gasteiger partial charge in [0.25, 0.3) is 5.22 Å². The molecular formula is C13H12N2O2S. The zero-order valence-corrected chi connectivity index (χ0v) is 10.7. The van der Waals surface area contributed by atoms with Gasteiger partial charge in [-0.25, -0.2) is 0 Å². The molecule has 4 nitrogen and oxygen atoms in total. The van der Waals surface area contributed by atoms with Crippen LogP contribution in [-0.4, -0.2) is 21.9 Å². The molecule has 92 valence electrons. The van der Waals surface area contributed by atoms with Crippen LogP contribution in [0.3, 0.4) is 0 Å². The van der Waals surface area contributed by atoms with E-state index in [1.54, 1.807) is 6.92 Å². The van der Waals surface area contributed by atoms with E-state index >= 15 is 0 Å². The zero-order valence-electron chi connectivity index (χ0n) is 9.88. The maximum absolute atomic E-state index is 8.65. The Morgan fingerprint density at radius 2 is 2.28 bits per heavy atom. The lowest BCUT2D eigenvalue weighted by molar-refractivity contribution is 0.350. The van der Waals surface area contributed by atoms with Crippen molar-refractivity contribution < 1.29 is 9.52 Å². The normalized spacial score (nSPS) is 9.89. The summed E-state index contributed by atoms with van der Waals surface area (Å²) in [5, 5.41) is 16.9. The number of hydrogen-bond acceptors (Lipinski definition) is 5. The monoisotopic (exact) mass is 260 g/mol. The van der Waals surface area contributed by atoms with Crippen LogP contribution in [0.25, 0.3) is 0 Å². The Bertz CT molecular complexity index is 584. The van der Waals surface area contributed by atoms with Gasteiger partial charge >= 0.3 is 0 Å². The second-order valence-corrected chi connectivity index (χ2v) is 4.46. The van der Waals surface area contributed by atoms with Gasteiger partial charge in [-0.05, 0) is 17.7 Å². The summed E-state index contributed by atoms with van der Waals surface area (Å²) in [5.74, 6) is 6.82. The molecule has 1 aromatic heterocycles. The smallest absolute Gasteiger partial charge is 0.276 e. The van der Waals surface area contributed by atoms with Crippen LogP contribution in [0.2, 0.25) is 0 Å². The third-order valence-corrected chi connectivity index (χ3v) is 3.00. The standard InChI is InChI=1S/C13H12N2O2S/c1-10-14-15-13(17-10)18-9-12-5-2-4-11(8-12)6-3-7-16/h2,4-5,8,16H,7,9H2,1H3. The fraction of sp³-hybridized carbons (Fsp3) is 0.231. The van der Waals surface area contributed by atoms with E-state index in [-0.39, 0.29) is 6.61 Å². The van der Waals surface area contributed by atoms with Gasteiger partial charge in [0.2, 0.25) is 5.89 Å². The van der Waals surface area contributed by atoms with Gasteiger partial charge in [-0.15, -0.1) is 10.2 Å². The number of nitrogens with zero attached hydrogens (tertiary/aromatic N) is 2. The van der Waals surface area contributed by atoms with Crippen LogP contribution in [0.4, 0.5) is 0 Å². The van der Waals surface area contributed by atoms with Crippen molar-refractivity contribution in [2.45, 2.75) is 17.9 Å². The van der Waals surface area contributed by atoms with Crippen molar-refractivity contribution >= 4 is 11.8 Å². The number of aromatic nitrogens is 2. The predicted octanol–water partition coefficient (Wildman–Crippen LogP) is 2.01. The quantitative estimate of drug-likeness (QED) is 0.675. The molecule has 0 saturated heterocycles. The third kappa shape index (κ3) is 3.62. The van der Waals surface area contributed by atoms with E-state index in [1.807, 2.05) is 24.3 Å². The first-order valence-corrected chi connectivity index (χ1v) is 6.38. The van der Waals surface area contributed by atoms with Gasteiger partial charge in [0.05, 0.1) is 0 Å². The van der Waals surface area contributed by atoms with Crippen LogP contribution in [0.5, 0.6) is 0 Å². The first-order valence-electron chi connectivity index (χ1n) is 5.39. The van der Waals surface area contributed by atoms with Crippen LogP contribution in [0.15, 0.2) is 33.9 Å². The van der Waals surface area contributed by atoms with Crippen molar-refractivity contribution in [3.8, 4) is 11.8 Å². The molecule has 0 fully saturated rings. The molecule has 0 aliphatic carbocycles. The van der Waals surface area contributed by atoms with Crippen LogP contribution < -0.4 is 0 Å². The molecule has 0 aliphatic rings. The Balaban J connectivity index is 2.01. The molecular weight excluding hydrogens is 248 g/mol. The van der Waals surface area contributed by atoms with Gasteiger partial charge < -0.3 is 9.52 Å². The summed E-state index contributed by atoms with van der Waals surface area (Å²) >= 11 is 1.49. The second kappa shape index (κ2) is 6.24. The zero-order chi connectivity index (χ0) is 12.8. The lowest BCUT2D eigenvalue weighted by Crippen LogP contribution is -1.83. The summed E-state index contributed by atoms with van der Waals surface area (Å²) in [7, 11) is 0. The fourth-order valence-corrected chi connectivity index (χ4v) is 2.11. The number of thioether (sulfide) groups is 1. The summed E-state index contributed by atoms with van der Waals surface area (Å²) in [6.07, 6.45) is 0. The Labute approximate surface area is 109 Å². The highest BCUT2D eigenvalue weighted by molar-refractivity contribution is 7.98. The Morgan fingerprint density at radius 1 is 1.39 bits per heavy atom. The number of benzene rings is 1. The number of aliphatic hydroxyl groups is 1. The minimum Gasteiger partial charge on any atom is -0.416 e. The van der Waals surface area contributed by atoms with Crippen molar-refractivity contribution in [2.75, 3.05) is 6.61 Å². The molecule has 0 spiro atoms. The average Bonchev–Trinajstić information content (AvgIpc) is 2.80. The minimum absolute atomic E-state index is 0.125. The molecule has 0 aliphatic heterocycles. The fourth-order valence-electron chi connectivity index (χ4n) is 1.36. The predicted molar refractivity (Wildman–Crippen MR) is 69.0 cm³/mol. The molecule has 0 saturated carbocycles. The summed E-state index contributed by atoms with van der Waals surface area (Å²) in [4.78, 5) is 0. The van der Waals surface area contributed by atoms with Gasteiger partial charge in [0, 0.05) is 18.2 Å². The molecule has 2 aromatic rings. The van der Waals surface area contributed by atoms with E-state index in [0.717, 1.165) is 16.9 Å². The lowest BCUT2D eigenvalue weighted by Gasteiger charge is -1.99. The average molecular weight is 260 g/mol. The van der Waals surface area contributed by atoms with Crippen LogP contribution in [0, 0.1) is 18.8 Å². The highest BCUT2D eigenvalue weighted by Crippen LogP contribution is 2.21. The number of aryl methyl sites for hydroxylation is 1. The van der Waals surface area contributed by atoms with Crippen LogP contribution >= 0.6 is 11.8 Å². The third-order valence-electron chi connectivity index (χ3n) is 2.11. The molecule has 1 aromatic carbocycles. The number of hydrogen-bond donors (Lipinski definition) is 1. The van der Waals surface area contributed by atoms with Gasteiger partial charge in [-0.2, -0.15) is 0 Å². The molecule has 1 heterocycles. The number of rotatable bonds is 3. The maximum atomic E-state index is 8.65. The van der Waals surface area contributed by atoms with E-state index < -0.39 is 0 Å². The minimum atomic E-state index is -0.125. The van der Waals surface area contributed by atoms with Gasteiger partial charge in [-0.3, -0.25) is 0 Å². The van der Waals surface area contributed by atoms with Crippen molar-refractivity contribution in [2.24, 2.45) is 0 Å². The Hall–Kier alpha value is -1.77. The lowest BCUT2D eigenvalue weighted by atomic mass is 10.1. The van der Waals surface area contributed by atoms with Crippen molar-refractivity contribution in [1.29, 1.82) is 0 Å². The molecule has 0 atom stereocenters. The number of aliphatic hydroxyl groups excluding tert-OH is 1. The molecule has 0 bridgehead atoms. The summed E-state index contributed by atoms with van der Waals surface area (Å²) in [5.41, 5.74) is 2.02. The molecule has 0 radical (unpaired) electrons. The van der Waals surface area contributed by atoms with E-state index in [9.17, 15) is 0 Å². The van der Waals surface area contributed by atoms with E-state index in [4.69, 9.17) is 9.52 Å². The maximum Gasteiger partial charge on any atom is 0.276 e. The molecule has 5 heteroatoms. The van der Waals surface area contributed by atoms with Gasteiger partial charge in [-0.1, -0.05) is 35.7 Å². The van der Waals surface area contributed by atoms with Crippen molar-refractivity contribution in [1.82, 2.24) is 10.2 Å². The Morgan fingerprint density at radius 3 is 3.00 bits per heavy atom. The highest BCUT2D eigenvalue weighted by Gasteiger charge is 2.03. The topological polar surface area (TPSA) is 59.2 Å². The molecule has 1 N–H and O–H groups in total. The molecule has 0 amide bonds. The van der Waals surface area contributed by atoms with E-state index in [2.05, 4.69) is 22.0 Å². The largest absolute Gasteiger partial charge is 0.416 e. The highest BCUT2D eigenvalue weighted by atomic mass is 32.2. The van der Waals surface area contributed by atoms with Crippen LogP contribution in [0.1, 0.15) is 17.0 Å². The first-order chi connectivity index (χ1) is 8.78. The molecule has 0 unspecified atom stereocenters. The Kier molecular flexibility index (Phi) is 4.40. The molecule has 18 heavy (non-hydrogen) atoms. The van der Waals surface area contributed by atoms with E-state index in [1.165, 1.54) is 11.8 Å². The van der Waals surface area contributed by atoms with Crippen molar-refractivity contribution in [3.05, 3.63) is 41.3 Å². The van der Waals surface area contributed by atoms with E-state index in [0.29, 0.717) is 11.1 Å².